The Kier molecular flexibility index (Phi) is 6.51. The normalized spacial score (nSPS) is 19.5. The molecule has 2 rings (SSSR count). The molecule has 1 aromatic carbocycles. The Morgan fingerprint density at radius 3 is 3.00 bits per heavy atom. The first-order valence-electron chi connectivity index (χ1n) is 7.62. The highest BCUT2D eigenvalue weighted by molar-refractivity contribution is 6.58. The van der Waals surface area contributed by atoms with Gasteiger partial charge in [-0.3, -0.25) is 4.90 Å². The van der Waals surface area contributed by atoms with Gasteiger partial charge in [-0.25, -0.2) is 0 Å². The van der Waals surface area contributed by atoms with E-state index < -0.39 is 7.12 Å². The van der Waals surface area contributed by atoms with Gasteiger partial charge in [0.2, 0.25) is 0 Å². The average Bonchev–Trinajstić information content (AvgIpc) is 2.48. The number of hydrogen-bond acceptors (Lipinski definition) is 5. The quantitative estimate of drug-likeness (QED) is 0.706. The van der Waals surface area contributed by atoms with Gasteiger partial charge in [-0.15, -0.1) is 0 Å². The van der Waals surface area contributed by atoms with Gasteiger partial charge < -0.3 is 19.5 Å². The van der Waals surface area contributed by atoms with Crippen LogP contribution >= 0.6 is 0 Å². The number of likely N-dealkylation sites (tertiary alicyclic amines) is 1. The summed E-state index contributed by atoms with van der Waals surface area (Å²) in [6.07, 6.45) is 2.65. The van der Waals surface area contributed by atoms with E-state index in [0.29, 0.717) is 23.9 Å². The third-order valence-electron chi connectivity index (χ3n) is 3.70. The molecule has 1 saturated heterocycles. The summed E-state index contributed by atoms with van der Waals surface area (Å²) in [4.78, 5) is 2.36. The molecule has 2 N–H and O–H groups in total. The van der Waals surface area contributed by atoms with Crippen LogP contribution in [0, 0.1) is 0 Å². The zero-order valence-corrected chi connectivity index (χ0v) is 12.6. The summed E-state index contributed by atoms with van der Waals surface area (Å²) < 4.78 is 11.4. The monoisotopic (exact) mass is 293 g/mol. The summed E-state index contributed by atoms with van der Waals surface area (Å²) in [6.45, 7) is 6.30. The number of piperidine rings is 1. The first kappa shape index (κ1) is 16.3. The smallest absolute Gasteiger partial charge is 0.488 e. The second-order valence-corrected chi connectivity index (χ2v) is 5.31. The van der Waals surface area contributed by atoms with Crippen LogP contribution in [0.1, 0.15) is 19.8 Å². The summed E-state index contributed by atoms with van der Waals surface area (Å²) >= 11 is 0. The predicted molar refractivity (Wildman–Crippen MR) is 82.9 cm³/mol. The Balaban J connectivity index is 1.75. The summed E-state index contributed by atoms with van der Waals surface area (Å²) in [5, 5.41) is 18.3. The third kappa shape index (κ3) is 5.32. The highest BCUT2D eigenvalue weighted by Gasteiger charge is 2.19. The molecular weight excluding hydrogens is 269 g/mol. The Bertz CT molecular complexity index is 428. The fourth-order valence-electron chi connectivity index (χ4n) is 2.65. The van der Waals surface area contributed by atoms with Gasteiger partial charge >= 0.3 is 7.12 Å². The molecule has 0 radical (unpaired) electrons. The molecule has 1 heterocycles. The minimum atomic E-state index is -1.46. The summed E-state index contributed by atoms with van der Waals surface area (Å²) in [5.74, 6) is 0.666. The van der Waals surface area contributed by atoms with Crippen molar-refractivity contribution < 1.29 is 19.5 Å². The van der Waals surface area contributed by atoms with Crippen LogP contribution in [-0.2, 0) is 4.74 Å². The maximum atomic E-state index is 9.13. The van der Waals surface area contributed by atoms with Gasteiger partial charge in [0.05, 0.1) is 6.10 Å². The number of nitrogens with zero attached hydrogens (tertiary/aromatic N) is 1. The van der Waals surface area contributed by atoms with Crippen LogP contribution in [0.2, 0.25) is 0 Å². The van der Waals surface area contributed by atoms with E-state index in [1.165, 1.54) is 0 Å². The summed E-state index contributed by atoms with van der Waals surface area (Å²) in [5.41, 5.74) is 0.446. The molecule has 21 heavy (non-hydrogen) atoms. The van der Waals surface area contributed by atoms with Gasteiger partial charge in [0.25, 0.3) is 0 Å². The molecule has 1 atom stereocenters. The minimum absolute atomic E-state index is 0.344. The van der Waals surface area contributed by atoms with Crippen LogP contribution in [0.15, 0.2) is 24.3 Å². The number of benzene rings is 1. The molecular formula is C15H24BNO4. The van der Waals surface area contributed by atoms with Crippen LogP contribution in [0.5, 0.6) is 5.75 Å². The lowest BCUT2D eigenvalue weighted by Crippen LogP contribution is -2.41. The standard InChI is InChI=1S/C15H24BNO4/c1-2-20-15-7-4-8-17(12-15)9-10-21-14-6-3-5-13(11-14)16(18)19/h3,5-6,11,15,18-19H,2,4,7-10,12H2,1H3. The van der Waals surface area contributed by atoms with Crippen molar-refractivity contribution in [1.29, 1.82) is 0 Å². The molecule has 0 aromatic heterocycles. The Morgan fingerprint density at radius 1 is 1.38 bits per heavy atom. The molecule has 5 nitrogen and oxygen atoms in total. The number of ether oxygens (including phenoxy) is 2. The summed E-state index contributed by atoms with van der Waals surface area (Å²) in [7, 11) is -1.46. The Labute approximate surface area is 126 Å². The van der Waals surface area contributed by atoms with Crippen LogP contribution in [0.25, 0.3) is 0 Å². The Hall–Kier alpha value is -1.08. The van der Waals surface area contributed by atoms with E-state index in [0.717, 1.165) is 39.1 Å². The molecule has 0 bridgehead atoms. The molecule has 1 aliphatic heterocycles. The van der Waals surface area contributed by atoms with E-state index in [9.17, 15) is 0 Å². The van der Waals surface area contributed by atoms with E-state index in [1.807, 2.05) is 13.0 Å². The van der Waals surface area contributed by atoms with Crippen LogP contribution in [0.4, 0.5) is 0 Å². The minimum Gasteiger partial charge on any atom is -0.492 e. The van der Waals surface area contributed by atoms with Crippen molar-refractivity contribution in [3.8, 4) is 5.75 Å². The molecule has 0 spiro atoms. The average molecular weight is 293 g/mol. The van der Waals surface area contributed by atoms with Crippen molar-refractivity contribution in [2.75, 3.05) is 32.8 Å². The van der Waals surface area contributed by atoms with Crippen molar-refractivity contribution in [3.63, 3.8) is 0 Å². The SMILES string of the molecule is CCOC1CCCN(CCOc2cccc(B(O)O)c2)C1. The molecule has 6 heteroatoms. The number of hydrogen-bond donors (Lipinski definition) is 2. The molecule has 1 aromatic rings. The largest absolute Gasteiger partial charge is 0.492 e. The van der Waals surface area contributed by atoms with E-state index in [4.69, 9.17) is 19.5 Å². The first-order valence-corrected chi connectivity index (χ1v) is 7.62. The zero-order chi connectivity index (χ0) is 15.1. The van der Waals surface area contributed by atoms with E-state index >= 15 is 0 Å². The van der Waals surface area contributed by atoms with Gasteiger partial charge in [0.1, 0.15) is 12.4 Å². The van der Waals surface area contributed by atoms with Gasteiger partial charge in [-0.05, 0) is 43.9 Å². The highest BCUT2D eigenvalue weighted by Crippen LogP contribution is 2.13. The fourth-order valence-corrected chi connectivity index (χ4v) is 2.65. The molecule has 0 amide bonds. The van der Waals surface area contributed by atoms with Crippen molar-refractivity contribution in [2.45, 2.75) is 25.9 Å². The van der Waals surface area contributed by atoms with Crippen LogP contribution in [0.3, 0.4) is 0 Å². The van der Waals surface area contributed by atoms with Crippen molar-refractivity contribution in [1.82, 2.24) is 4.90 Å². The van der Waals surface area contributed by atoms with Crippen LogP contribution < -0.4 is 10.2 Å². The molecule has 116 valence electrons. The zero-order valence-electron chi connectivity index (χ0n) is 12.6. The van der Waals surface area contributed by atoms with Crippen molar-refractivity contribution in [2.24, 2.45) is 0 Å². The highest BCUT2D eigenvalue weighted by atomic mass is 16.5. The third-order valence-corrected chi connectivity index (χ3v) is 3.70. The second kappa shape index (κ2) is 8.39. The lowest BCUT2D eigenvalue weighted by atomic mass is 9.80. The van der Waals surface area contributed by atoms with E-state index in [2.05, 4.69) is 4.90 Å². The lowest BCUT2D eigenvalue weighted by Gasteiger charge is -2.32. The van der Waals surface area contributed by atoms with Gasteiger partial charge in [0, 0.05) is 19.7 Å². The fraction of sp³-hybridized carbons (Fsp3) is 0.600. The summed E-state index contributed by atoms with van der Waals surface area (Å²) in [6, 6.07) is 6.90. The van der Waals surface area contributed by atoms with Gasteiger partial charge in [-0.1, -0.05) is 12.1 Å². The van der Waals surface area contributed by atoms with Crippen molar-refractivity contribution >= 4 is 12.6 Å². The molecule has 1 aliphatic rings. The first-order chi connectivity index (χ1) is 10.2. The van der Waals surface area contributed by atoms with Crippen molar-refractivity contribution in [3.05, 3.63) is 24.3 Å². The van der Waals surface area contributed by atoms with Crippen LogP contribution in [-0.4, -0.2) is 61.0 Å². The maximum Gasteiger partial charge on any atom is 0.488 e. The molecule has 1 unspecified atom stereocenters. The Morgan fingerprint density at radius 2 is 2.24 bits per heavy atom. The lowest BCUT2D eigenvalue weighted by molar-refractivity contribution is 0.00304. The van der Waals surface area contributed by atoms with E-state index in [-0.39, 0.29) is 0 Å². The van der Waals surface area contributed by atoms with Gasteiger partial charge in [0.15, 0.2) is 0 Å². The predicted octanol–water partition coefficient (Wildman–Crippen LogP) is 0.246. The second-order valence-electron chi connectivity index (χ2n) is 5.31. The molecule has 0 aliphatic carbocycles. The van der Waals surface area contributed by atoms with E-state index in [1.54, 1.807) is 18.2 Å². The topological polar surface area (TPSA) is 62.2 Å². The number of rotatable bonds is 7. The maximum absolute atomic E-state index is 9.13. The van der Waals surface area contributed by atoms with Gasteiger partial charge in [-0.2, -0.15) is 0 Å². The molecule has 0 saturated carbocycles. The molecule has 1 fully saturated rings.